The van der Waals surface area contributed by atoms with E-state index < -0.39 is 0 Å². The molecule has 0 unspecified atom stereocenters. The number of thioether (sulfide) groups is 1. The zero-order valence-corrected chi connectivity index (χ0v) is 12.9. The zero-order valence-electron chi connectivity index (χ0n) is 12.0. The molecule has 110 valence electrons. The van der Waals surface area contributed by atoms with Gasteiger partial charge in [0.15, 0.2) is 0 Å². The molecule has 0 amide bonds. The summed E-state index contributed by atoms with van der Waals surface area (Å²) in [6.07, 6.45) is 4.24. The average Bonchev–Trinajstić information content (AvgIpc) is 3.01. The van der Waals surface area contributed by atoms with Crippen molar-refractivity contribution in [3.63, 3.8) is 0 Å². The van der Waals surface area contributed by atoms with Gasteiger partial charge in [0.2, 0.25) is 5.16 Å². The van der Waals surface area contributed by atoms with Gasteiger partial charge in [0.05, 0.1) is 6.54 Å². The van der Waals surface area contributed by atoms with Crippen LogP contribution in [0.5, 0.6) is 0 Å². The molecule has 0 aliphatic carbocycles. The number of nitrogens with zero attached hydrogens (tertiary/aromatic N) is 4. The Hall–Kier alpha value is -2.40. The number of hydrogen-bond acceptors (Lipinski definition) is 4. The molecule has 2 aromatic carbocycles. The Bertz CT molecular complexity index is 723. The monoisotopic (exact) mass is 308 g/mol. The molecule has 0 fully saturated rings. The van der Waals surface area contributed by atoms with E-state index in [9.17, 15) is 0 Å². The first kappa shape index (κ1) is 14.5. The third-order valence-electron chi connectivity index (χ3n) is 3.09. The van der Waals surface area contributed by atoms with Crippen molar-refractivity contribution >= 4 is 17.8 Å². The molecule has 22 heavy (non-hydrogen) atoms. The molecule has 1 heterocycles. The van der Waals surface area contributed by atoms with Crippen LogP contribution in [-0.4, -0.2) is 26.0 Å². The van der Waals surface area contributed by atoms with E-state index in [0.717, 1.165) is 10.9 Å². The van der Waals surface area contributed by atoms with Gasteiger partial charge in [-0.05, 0) is 21.6 Å². The molecular formula is C17H16N4S. The van der Waals surface area contributed by atoms with Crippen molar-refractivity contribution in [1.29, 1.82) is 0 Å². The first-order chi connectivity index (χ1) is 10.9. The molecule has 0 atom stereocenters. The van der Waals surface area contributed by atoms with Crippen molar-refractivity contribution in [3.05, 3.63) is 77.9 Å². The van der Waals surface area contributed by atoms with E-state index in [1.165, 1.54) is 11.1 Å². The highest BCUT2D eigenvalue weighted by molar-refractivity contribution is 7.99. The largest absolute Gasteiger partial charge is 0.216 e. The van der Waals surface area contributed by atoms with Gasteiger partial charge in [-0.2, -0.15) is 0 Å². The highest BCUT2D eigenvalue weighted by Gasteiger charge is 2.06. The van der Waals surface area contributed by atoms with E-state index in [-0.39, 0.29) is 0 Å². The third-order valence-corrected chi connectivity index (χ3v) is 4.00. The lowest BCUT2D eigenvalue weighted by atomic mass is 10.2. The summed E-state index contributed by atoms with van der Waals surface area (Å²) in [4.78, 5) is 0. The molecule has 0 saturated carbocycles. The molecule has 4 nitrogen and oxygen atoms in total. The number of benzene rings is 2. The van der Waals surface area contributed by atoms with Crippen LogP contribution in [0.3, 0.4) is 0 Å². The second-order valence-electron chi connectivity index (χ2n) is 4.73. The smallest absolute Gasteiger partial charge is 0.209 e. The maximum atomic E-state index is 4.09. The summed E-state index contributed by atoms with van der Waals surface area (Å²) in [5.41, 5.74) is 2.39. The van der Waals surface area contributed by atoms with Gasteiger partial charge < -0.3 is 0 Å². The fourth-order valence-electron chi connectivity index (χ4n) is 2.03. The maximum Gasteiger partial charge on any atom is 0.209 e. The molecule has 3 rings (SSSR count). The summed E-state index contributed by atoms with van der Waals surface area (Å²) in [5, 5.41) is 12.8. The second-order valence-corrected chi connectivity index (χ2v) is 5.72. The predicted octanol–water partition coefficient (Wildman–Crippen LogP) is 3.53. The van der Waals surface area contributed by atoms with Crippen molar-refractivity contribution in [1.82, 2.24) is 20.2 Å². The molecule has 0 aliphatic heterocycles. The summed E-state index contributed by atoms with van der Waals surface area (Å²) in [7, 11) is 0. The average molecular weight is 308 g/mol. The van der Waals surface area contributed by atoms with Crippen molar-refractivity contribution in [2.24, 2.45) is 0 Å². The van der Waals surface area contributed by atoms with Crippen molar-refractivity contribution in [2.75, 3.05) is 5.75 Å². The number of tetrazole rings is 1. The zero-order chi connectivity index (χ0) is 15.0. The van der Waals surface area contributed by atoms with Crippen LogP contribution in [0.25, 0.3) is 6.08 Å². The summed E-state index contributed by atoms with van der Waals surface area (Å²) < 4.78 is 1.83. The van der Waals surface area contributed by atoms with Crippen LogP contribution in [0.1, 0.15) is 11.1 Å². The fraction of sp³-hybridized carbons (Fsp3) is 0.118. The Morgan fingerprint density at radius 2 is 1.68 bits per heavy atom. The Balaban J connectivity index is 1.57. The van der Waals surface area contributed by atoms with Crippen LogP contribution in [0.4, 0.5) is 0 Å². The molecule has 0 radical (unpaired) electrons. The molecule has 0 bridgehead atoms. The number of rotatable bonds is 6. The minimum atomic E-state index is 0.693. The molecule has 0 N–H and O–H groups in total. The maximum absolute atomic E-state index is 4.09. The lowest BCUT2D eigenvalue weighted by Gasteiger charge is -2.03. The SMILES string of the molecule is C(=C\c1ccccc1)/CSc1nnnn1Cc1ccccc1. The van der Waals surface area contributed by atoms with Gasteiger partial charge in [-0.3, -0.25) is 0 Å². The van der Waals surface area contributed by atoms with Crippen LogP contribution < -0.4 is 0 Å². The quantitative estimate of drug-likeness (QED) is 0.653. The van der Waals surface area contributed by atoms with Crippen LogP contribution in [0.2, 0.25) is 0 Å². The molecule has 0 spiro atoms. The fourth-order valence-corrected chi connectivity index (χ4v) is 2.71. The van der Waals surface area contributed by atoms with Gasteiger partial charge in [-0.25, -0.2) is 4.68 Å². The van der Waals surface area contributed by atoms with E-state index in [2.05, 4.69) is 51.9 Å². The van der Waals surface area contributed by atoms with Crippen molar-refractivity contribution in [3.8, 4) is 0 Å². The minimum Gasteiger partial charge on any atom is -0.216 e. The molecule has 3 aromatic rings. The highest BCUT2D eigenvalue weighted by Crippen LogP contribution is 2.15. The standard InChI is InChI=1S/C17H16N4S/c1-3-8-15(9-4-1)12-7-13-22-17-18-19-20-21(17)14-16-10-5-2-6-11-16/h1-12H,13-14H2/b12-7+. The van der Waals surface area contributed by atoms with Gasteiger partial charge in [0, 0.05) is 5.75 Å². The van der Waals surface area contributed by atoms with Gasteiger partial charge >= 0.3 is 0 Å². The molecule has 0 aliphatic rings. The molecular weight excluding hydrogens is 292 g/mol. The first-order valence-electron chi connectivity index (χ1n) is 7.06. The third kappa shape index (κ3) is 4.05. The van der Waals surface area contributed by atoms with Crippen molar-refractivity contribution in [2.45, 2.75) is 11.7 Å². The molecule has 5 heteroatoms. The Morgan fingerprint density at radius 3 is 2.45 bits per heavy atom. The van der Waals surface area contributed by atoms with Gasteiger partial charge in [-0.15, -0.1) is 5.10 Å². The summed E-state index contributed by atoms with van der Waals surface area (Å²) in [6, 6.07) is 20.5. The summed E-state index contributed by atoms with van der Waals surface area (Å²) >= 11 is 1.63. The number of aromatic nitrogens is 4. The Kier molecular flexibility index (Phi) is 5.00. The lowest BCUT2D eigenvalue weighted by molar-refractivity contribution is 0.603. The second kappa shape index (κ2) is 7.56. The normalized spacial score (nSPS) is 11.1. The Morgan fingerprint density at radius 1 is 0.955 bits per heavy atom. The molecule has 1 aromatic heterocycles. The van der Waals surface area contributed by atoms with Crippen LogP contribution in [0, 0.1) is 0 Å². The van der Waals surface area contributed by atoms with Gasteiger partial charge in [0.1, 0.15) is 0 Å². The van der Waals surface area contributed by atoms with Crippen molar-refractivity contribution < 1.29 is 0 Å². The van der Waals surface area contributed by atoms with E-state index in [1.54, 1.807) is 11.8 Å². The minimum absolute atomic E-state index is 0.693. The van der Waals surface area contributed by atoms with E-state index >= 15 is 0 Å². The van der Waals surface area contributed by atoms with E-state index in [1.807, 2.05) is 41.1 Å². The van der Waals surface area contributed by atoms with Gasteiger partial charge in [-0.1, -0.05) is 84.6 Å². The van der Waals surface area contributed by atoms with E-state index in [4.69, 9.17) is 0 Å². The first-order valence-corrected chi connectivity index (χ1v) is 8.05. The molecule has 0 saturated heterocycles. The van der Waals surface area contributed by atoms with Crippen LogP contribution in [-0.2, 0) is 6.54 Å². The van der Waals surface area contributed by atoms with Crippen LogP contribution in [0.15, 0.2) is 71.9 Å². The highest BCUT2D eigenvalue weighted by atomic mass is 32.2. The predicted molar refractivity (Wildman–Crippen MR) is 89.6 cm³/mol. The number of hydrogen-bond donors (Lipinski definition) is 0. The lowest BCUT2D eigenvalue weighted by Crippen LogP contribution is -2.03. The topological polar surface area (TPSA) is 43.6 Å². The van der Waals surface area contributed by atoms with Gasteiger partial charge in [0.25, 0.3) is 0 Å². The summed E-state index contributed by atoms with van der Waals surface area (Å²) in [5.74, 6) is 0.837. The Labute approximate surface area is 133 Å². The van der Waals surface area contributed by atoms with E-state index in [0.29, 0.717) is 6.54 Å². The van der Waals surface area contributed by atoms with Crippen LogP contribution >= 0.6 is 11.8 Å². The summed E-state index contributed by atoms with van der Waals surface area (Å²) in [6.45, 7) is 0.693.